The summed E-state index contributed by atoms with van der Waals surface area (Å²) >= 11 is 1.69. The summed E-state index contributed by atoms with van der Waals surface area (Å²) in [4.78, 5) is 5.83. The summed E-state index contributed by atoms with van der Waals surface area (Å²) in [6.07, 6.45) is 12.3. The van der Waals surface area contributed by atoms with Crippen LogP contribution >= 0.6 is 11.8 Å². The first-order valence-electron chi connectivity index (χ1n) is 7.28. The van der Waals surface area contributed by atoms with Crippen LogP contribution in [0.15, 0.2) is 57.6 Å². The molecule has 0 spiro atoms. The number of nitrogens with zero attached hydrogens (tertiary/aromatic N) is 1. The van der Waals surface area contributed by atoms with E-state index in [9.17, 15) is 0 Å². The number of hydrogen-bond acceptors (Lipinski definition) is 4. The Kier molecular flexibility index (Phi) is 2.20. The van der Waals surface area contributed by atoms with Gasteiger partial charge in [-0.25, -0.2) is 0 Å². The zero-order valence-electron chi connectivity index (χ0n) is 11.5. The third kappa shape index (κ3) is 1.41. The molecule has 0 radical (unpaired) electrons. The van der Waals surface area contributed by atoms with E-state index < -0.39 is 0 Å². The molecule has 4 aliphatic rings. The van der Waals surface area contributed by atoms with Crippen molar-refractivity contribution in [1.82, 2.24) is 5.32 Å². The first-order valence-corrected chi connectivity index (χ1v) is 8.16. The maximum atomic E-state index is 6.04. The molecule has 21 heavy (non-hydrogen) atoms. The van der Waals surface area contributed by atoms with Gasteiger partial charge in [0.15, 0.2) is 0 Å². The number of nitrogens with two attached hydrogens (primary N) is 1. The number of nitrogens with one attached hydrogen (secondary N) is 1. The van der Waals surface area contributed by atoms with Crippen LogP contribution in [0.3, 0.4) is 0 Å². The molecule has 0 aromatic heterocycles. The van der Waals surface area contributed by atoms with Crippen molar-refractivity contribution in [1.29, 1.82) is 0 Å². The summed E-state index contributed by atoms with van der Waals surface area (Å²) in [6, 6.07) is 4.29. The van der Waals surface area contributed by atoms with Crippen molar-refractivity contribution >= 4 is 17.8 Å². The normalized spacial score (nSPS) is 30.8. The Balaban J connectivity index is 1.92. The van der Waals surface area contributed by atoms with Crippen molar-refractivity contribution in [3.63, 3.8) is 0 Å². The molecule has 3 nitrogen and oxygen atoms in total. The predicted molar refractivity (Wildman–Crippen MR) is 85.1 cm³/mol. The summed E-state index contributed by atoms with van der Waals surface area (Å²) in [5.74, 6) is 0. The second-order valence-corrected chi connectivity index (χ2v) is 6.98. The van der Waals surface area contributed by atoms with E-state index in [0.717, 1.165) is 18.3 Å². The number of thioether (sulfide) groups is 1. The van der Waals surface area contributed by atoms with E-state index in [1.165, 1.54) is 26.9 Å². The van der Waals surface area contributed by atoms with Crippen LogP contribution in [-0.2, 0) is 5.41 Å². The molecular weight excluding hydrogens is 278 g/mol. The van der Waals surface area contributed by atoms with Gasteiger partial charge < -0.3 is 11.1 Å². The quantitative estimate of drug-likeness (QED) is 0.752. The second kappa shape index (κ2) is 3.90. The standard InChI is InChI=1S/C17H15N3S/c18-16-20-12-5-4-10-9-13-11-3-1-2-6-17(11,7-8-19-13)14(10)15(12)21-16/h1-6,9,16,19H,7-8,18H2. The molecule has 2 aliphatic heterocycles. The molecule has 0 saturated carbocycles. The average Bonchev–Trinajstić information content (AvgIpc) is 2.86. The summed E-state index contributed by atoms with van der Waals surface area (Å²) in [5.41, 5.74) is 9.93. The molecule has 2 aliphatic carbocycles. The molecule has 104 valence electrons. The minimum Gasteiger partial charge on any atom is -0.385 e. The fourth-order valence-electron chi connectivity index (χ4n) is 3.95. The van der Waals surface area contributed by atoms with Crippen LogP contribution in [-0.4, -0.2) is 12.0 Å². The first kappa shape index (κ1) is 11.8. The van der Waals surface area contributed by atoms with Gasteiger partial charge in [0.2, 0.25) is 0 Å². The van der Waals surface area contributed by atoms with E-state index in [2.05, 4.69) is 52.8 Å². The maximum Gasteiger partial charge on any atom is 0.149 e. The van der Waals surface area contributed by atoms with Gasteiger partial charge >= 0.3 is 0 Å². The molecular formula is C17H15N3S. The number of allylic oxidation sites excluding steroid dienone is 6. The summed E-state index contributed by atoms with van der Waals surface area (Å²) in [7, 11) is 0. The minimum atomic E-state index is -0.165. The van der Waals surface area contributed by atoms with E-state index in [0.29, 0.717) is 0 Å². The highest BCUT2D eigenvalue weighted by Crippen LogP contribution is 2.46. The van der Waals surface area contributed by atoms with Gasteiger partial charge in [0, 0.05) is 22.6 Å². The Labute approximate surface area is 127 Å². The van der Waals surface area contributed by atoms with Crippen molar-refractivity contribution < 1.29 is 0 Å². The largest absolute Gasteiger partial charge is 0.385 e. The fraction of sp³-hybridized carbons (Fsp3) is 0.235. The lowest BCUT2D eigenvalue weighted by Crippen LogP contribution is -2.45. The molecule has 2 unspecified atom stereocenters. The highest BCUT2D eigenvalue weighted by molar-refractivity contribution is 8.00. The topological polar surface area (TPSA) is 50.4 Å². The van der Waals surface area contributed by atoms with E-state index in [4.69, 9.17) is 5.73 Å². The maximum absolute atomic E-state index is 6.04. The van der Waals surface area contributed by atoms with Gasteiger partial charge in [0.25, 0.3) is 0 Å². The zero-order valence-corrected chi connectivity index (χ0v) is 12.3. The summed E-state index contributed by atoms with van der Waals surface area (Å²) in [6.45, 7) is 1.00. The number of rotatable bonds is 0. The van der Waals surface area contributed by atoms with Crippen molar-refractivity contribution in [2.24, 2.45) is 10.7 Å². The molecule has 0 amide bonds. The molecule has 0 fully saturated rings. The Morgan fingerprint density at radius 3 is 3.24 bits per heavy atom. The van der Waals surface area contributed by atoms with E-state index in [-0.39, 0.29) is 10.9 Å². The molecule has 1 aromatic rings. The molecule has 2 heterocycles. The van der Waals surface area contributed by atoms with Crippen molar-refractivity contribution in [3.05, 3.63) is 63.8 Å². The Morgan fingerprint density at radius 2 is 2.29 bits per heavy atom. The molecule has 4 heteroatoms. The van der Waals surface area contributed by atoms with Crippen LogP contribution in [0.25, 0.3) is 6.08 Å². The van der Waals surface area contributed by atoms with E-state index in [1.807, 2.05) is 0 Å². The predicted octanol–water partition coefficient (Wildman–Crippen LogP) is 1.06. The lowest BCUT2D eigenvalue weighted by Gasteiger charge is -2.43. The number of benzene rings is 1. The van der Waals surface area contributed by atoms with Crippen LogP contribution in [0, 0.1) is 0 Å². The van der Waals surface area contributed by atoms with Gasteiger partial charge in [-0.1, -0.05) is 42.1 Å². The molecule has 1 aromatic carbocycles. The first-order chi connectivity index (χ1) is 10.3. The number of fused-ring (bicyclic) bond motifs is 3. The average molecular weight is 293 g/mol. The van der Waals surface area contributed by atoms with Crippen molar-refractivity contribution in [2.75, 3.05) is 6.54 Å². The Morgan fingerprint density at radius 1 is 1.33 bits per heavy atom. The van der Waals surface area contributed by atoms with Gasteiger partial charge in [-0.3, -0.25) is 4.99 Å². The van der Waals surface area contributed by atoms with Crippen molar-refractivity contribution in [3.8, 4) is 0 Å². The monoisotopic (exact) mass is 293 g/mol. The molecule has 3 N–H and O–H groups in total. The fourth-order valence-corrected chi connectivity index (χ4v) is 5.01. The van der Waals surface area contributed by atoms with E-state index >= 15 is 0 Å². The minimum absolute atomic E-state index is 0.00264. The van der Waals surface area contributed by atoms with E-state index in [1.54, 1.807) is 11.8 Å². The highest BCUT2D eigenvalue weighted by Gasteiger charge is 2.42. The SMILES string of the molecule is NC1N=c2ccc3c(c2S1)C12C=CC=CC1=C(C=3)NCC2. The van der Waals surface area contributed by atoms with Crippen LogP contribution in [0.5, 0.6) is 0 Å². The van der Waals surface area contributed by atoms with Crippen LogP contribution < -0.4 is 21.6 Å². The van der Waals surface area contributed by atoms with Gasteiger partial charge in [-0.15, -0.1) is 0 Å². The number of hydrogen-bond donors (Lipinski definition) is 2. The second-order valence-electron chi connectivity index (χ2n) is 5.85. The summed E-state index contributed by atoms with van der Waals surface area (Å²) in [5, 5.41) is 5.90. The lowest BCUT2D eigenvalue weighted by molar-refractivity contribution is 0.503. The van der Waals surface area contributed by atoms with Gasteiger partial charge in [-0.2, -0.15) is 0 Å². The highest BCUT2D eigenvalue weighted by atomic mass is 32.2. The zero-order chi connectivity index (χ0) is 14.0. The van der Waals surface area contributed by atoms with Gasteiger partial charge in [0.05, 0.1) is 5.36 Å². The van der Waals surface area contributed by atoms with Crippen LogP contribution in [0.4, 0.5) is 0 Å². The molecule has 5 rings (SSSR count). The molecule has 0 saturated heterocycles. The molecule has 2 atom stereocenters. The van der Waals surface area contributed by atoms with Gasteiger partial charge in [-0.05, 0) is 34.9 Å². The Bertz CT molecular complexity index is 878. The Hall–Kier alpha value is -1.78. The third-order valence-electron chi connectivity index (χ3n) is 4.78. The van der Waals surface area contributed by atoms with Gasteiger partial charge in [0.1, 0.15) is 5.50 Å². The summed E-state index contributed by atoms with van der Waals surface area (Å²) < 4.78 is 0. The van der Waals surface area contributed by atoms with Crippen LogP contribution in [0.2, 0.25) is 0 Å². The van der Waals surface area contributed by atoms with Crippen LogP contribution in [0.1, 0.15) is 12.0 Å². The lowest BCUT2D eigenvalue weighted by atomic mass is 9.65. The third-order valence-corrected chi connectivity index (χ3v) is 5.78. The smallest absolute Gasteiger partial charge is 0.149 e. The van der Waals surface area contributed by atoms with Crippen molar-refractivity contribution in [2.45, 2.75) is 22.2 Å². The molecule has 2 bridgehead atoms.